The molecule has 3 aromatic rings. The molecule has 0 bridgehead atoms. The van der Waals surface area contributed by atoms with E-state index in [4.69, 9.17) is 9.47 Å². The van der Waals surface area contributed by atoms with E-state index in [0.29, 0.717) is 36.8 Å². The highest BCUT2D eigenvalue weighted by Crippen LogP contribution is 2.27. The van der Waals surface area contributed by atoms with E-state index >= 15 is 0 Å². The van der Waals surface area contributed by atoms with Gasteiger partial charge in [0, 0.05) is 51.4 Å². The summed E-state index contributed by atoms with van der Waals surface area (Å²) in [6, 6.07) is 7.71. The minimum absolute atomic E-state index is 0.102. The highest BCUT2D eigenvalue weighted by atomic mass is 32.2. The summed E-state index contributed by atoms with van der Waals surface area (Å²) in [5.74, 6) is 0.475. The Balaban J connectivity index is 1.36. The fourth-order valence-corrected chi connectivity index (χ4v) is 5.92. The Hall–Kier alpha value is -2.89. The van der Waals surface area contributed by atoms with Gasteiger partial charge in [0.25, 0.3) is 5.91 Å². The molecule has 0 saturated carbocycles. The number of hydrogen-bond donors (Lipinski definition) is 1. The number of piperazine rings is 1. The van der Waals surface area contributed by atoms with Crippen molar-refractivity contribution in [2.45, 2.75) is 25.3 Å². The van der Waals surface area contributed by atoms with Crippen molar-refractivity contribution < 1.29 is 22.7 Å². The zero-order valence-corrected chi connectivity index (χ0v) is 19.9. The number of ether oxygens (including phenoxy) is 2. The number of benzene rings is 1. The number of rotatable bonds is 8. The number of amides is 1. The van der Waals surface area contributed by atoms with Crippen LogP contribution in [-0.2, 0) is 26.1 Å². The molecule has 1 N–H and O–H groups in total. The number of carbonyl (C=O) groups is 1. The summed E-state index contributed by atoms with van der Waals surface area (Å²) in [5.41, 5.74) is 1.98. The Bertz CT molecular complexity index is 1220. The van der Waals surface area contributed by atoms with E-state index in [1.54, 1.807) is 25.9 Å². The molecule has 1 aromatic carbocycles. The summed E-state index contributed by atoms with van der Waals surface area (Å²) < 4.78 is 40.5. The number of H-pyrrole nitrogens is 1. The number of nitrogens with zero attached hydrogens (tertiary/aromatic N) is 4. The van der Waals surface area contributed by atoms with E-state index in [1.165, 1.54) is 4.31 Å². The molecule has 0 unspecified atom stereocenters. The largest absolute Gasteiger partial charge is 0.483 e. The minimum Gasteiger partial charge on any atom is -0.483 e. The molecule has 11 heteroatoms. The summed E-state index contributed by atoms with van der Waals surface area (Å²) in [6.45, 7) is 5.68. The third kappa shape index (κ3) is 4.61. The first kappa shape index (κ1) is 23.3. The first-order valence-electron chi connectivity index (χ1n) is 10.8. The summed E-state index contributed by atoms with van der Waals surface area (Å²) >= 11 is 0. The van der Waals surface area contributed by atoms with Crippen molar-refractivity contribution in [3.05, 3.63) is 41.9 Å². The number of aromatic nitrogens is 3. The Kier molecular flexibility index (Phi) is 6.73. The van der Waals surface area contributed by atoms with Gasteiger partial charge in [-0.2, -0.15) is 9.40 Å². The molecule has 1 aliphatic rings. The summed E-state index contributed by atoms with van der Waals surface area (Å²) in [6.07, 6.45) is 1.97. The van der Waals surface area contributed by atoms with Crippen LogP contribution in [-0.4, -0.2) is 84.8 Å². The van der Waals surface area contributed by atoms with Crippen LogP contribution in [0.25, 0.3) is 10.9 Å². The molecular weight excluding hydrogens is 446 g/mol. The van der Waals surface area contributed by atoms with Crippen LogP contribution < -0.4 is 4.74 Å². The molecule has 2 aromatic heterocycles. The van der Waals surface area contributed by atoms with Crippen molar-refractivity contribution in [2.75, 3.05) is 46.5 Å². The third-order valence-corrected chi connectivity index (χ3v) is 8.07. The van der Waals surface area contributed by atoms with Gasteiger partial charge in [-0.15, -0.1) is 0 Å². The molecule has 0 spiro atoms. The molecule has 33 heavy (non-hydrogen) atoms. The zero-order valence-electron chi connectivity index (χ0n) is 19.1. The fourth-order valence-electron chi connectivity index (χ4n) is 4.16. The molecule has 4 rings (SSSR count). The van der Waals surface area contributed by atoms with Gasteiger partial charge in [0.1, 0.15) is 10.6 Å². The highest BCUT2D eigenvalue weighted by molar-refractivity contribution is 7.89. The van der Waals surface area contributed by atoms with Gasteiger partial charge in [-0.25, -0.2) is 8.42 Å². The molecule has 1 fully saturated rings. The van der Waals surface area contributed by atoms with Gasteiger partial charge in [0.2, 0.25) is 10.0 Å². The van der Waals surface area contributed by atoms with Crippen LogP contribution in [0.5, 0.6) is 5.75 Å². The quantitative estimate of drug-likeness (QED) is 0.529. The molecule has 10 nitrogen and oxygen atoms in total. The molecular formula is C22H29N5O5S. The number of nitrogens with one attached hydrogen (secondary N) is 1. The van der Waals surface area contributed by atoms with Gasteiger partial charge in [-0.05, 0) is 32.0 Å². The van der Waals surface area contributed by atoms with E-state index in [2.05, 4.69) is 14.8 Å². The Morgan fingerprint density at radius 3 is 2.58 bits per heavy atom. The number of aromatic amines is 1. The maximum absolute atomic E-state index is 13.0. The van der Waals surface area contributed by atoms with E-state index < -0.39 is 10.0 Å². The number of hydrogen-bond acceptors (Lipinski definition) is 6. The highest BCUT2D eigenvalue weighted by Gasteiger charge is 2.33. The van der Waals surface area contributed by atoms with Crippen LogP contribution in [0.3, 0.4) is 0 Å². The average molecular weight is 476 g/mol. The van der Waals surface area contributed by atoms with Gasteiger partial charge in [0.05, 0.1) is 23.5 Å². The third-order valence-electron chi connectivity index (χ3n) is 5.91. The molecule has 1 aliphatic heterocycles. The molecule has 0 radical (unpaired) electrons. The fraction of sp³-hybridized carbons (Fsp3) is 0.455. The number of carbonyl (C=O) groups excluding carboxylic acids is 1. The lowest BCUT2D eigenvalue weighted by atomic mass is 10.2. The van der Waals surface area contributed by atoms with Crippen LogP contribution in [0.2, 0.25) is 0 Å². The molecule has 178 valence electrons. The van der Waals surface area contributed by atoms with Crippen LogP contribution in [0.4, 0.5) is 0 Å². The van der Waals surface area contributed by atoms with E-state index in [-0.39, 0.29) is 30.5 Å². The Morgan fingerprint density at radius 1 is 1.15 bits per heavy atom. The first-order valence-corrected chi connectivity index (χ1v) is 12.3. The number of fused-ring (bicyclic) bond motifs is 1. The van der Waals surface area contributed by atoms with E-state index in [9.17, 15) is 13.2 Å². The van der Waals surface area contributed by atoms with Gasteiger partial charge in [0.15, 0.2) is 6.61 Å². The summed E-state index contributed by atoms with van der Waals surface area (Å²) in [5, 5.41) is 7.65. The van der Waals surface area contributed by atoms with Crippen LogP contribution >= 0.6 is 0 Å². The van der Waals surface area contributed by atoms with Crippen molar-refractivity contribution >= 4 is 26.8 Å². The molecule has 3 heterocycles. The molecule has 1 amide bonds. The standard InChI is InChI=1S/C22H29N5O5S/c1-16-22(17(2)24-23-16)33(29,30)27-11-9-26(10-12-27)21(28)15-32-20-6-4-5-19-18(20)7-8-25(19)13-14-31-3/h4-8H,9-15H2,1-3H3,(H,23,24). The normalized spacial score (nSPS) is 15.3. The Morgan fingerprint density at radius 2 is 1.91 bits per heavy atom. The maximum Gasteiger partial charge on any atom is 0.260 e. The average Bonchev–Trinajstić information content (AvgIpc) is 3.39. The number of sulfonamides is 1. The second kappa shape index (κ2) is 9.54. The van der Waals surface area contributed by atoms with Crippen molar-refractivity contribution in [1.29, 1.82) is 0 Å². The zero-order chi connectivity index (χ0) is 23.6. The second-order valence-electron chi connectivity index (χ2n) is 8.03. The van der Waals surface area contributed by atoms with Crippen molar-refractivity contribution in [2.24, 2.45) is 0 Å². The van der Waals surface area contributed by atoms with Gasteiger partial charge in [-0.3, -0.25) is 9.89 Å². The van der Waals surface area contributed by atoms with Gasteiger partial charge >= 0.3 is 0 Å². The summed E-state index contributed by atoms with van der Waals surface area (Å²) in [4.78, 5) is 14.6. The van der Waals surface area contributed by atoms with Crippen molar-refractivity contribution in [1.82, 2.24) is 24.0 Å². The predicted octanol–water partition coefficient (Wildman–Crippen LogP) is 1.54. The summed E-state index contributed by atoms with van der Waals surface area (Å²) in [7, 11) is -1.99. The van der Waals surface area contributed by atoms with Crippen molar-refractivity contribution in [3.8, 4) is 5.75 Å². The smallest absolute Gasteiger partial charge is 0.260 e. The second-order valence-corrected chi connectivity index (χ2v) is 9.90. The van der Waals surface area contributed by atoms with E-state index in [1.807, 2.05) is 30.5 Å². The van der Waals surface area contributed by atoms with Crippen molar-refractivity contribution in [3.63, 3.8) is 0 Å². The maximum atomic E-state index is 13.0. The monoisotopic (exact) mass is 475 g/mol. The lowest BCUT2D eigenvalue weighted by molar-refractivity contribution is -0.134. The minimum atomic E-state index is -3.65. The predicted molar refractivity (Wildman–Crippen MR) is 123 cm³/mol. The Labute approximate surface area is 193 Å². The van der Waals surface area contributed by atoms with Crippen LogP contribution in [0.1, 0.15) is 11.4 Å². The van der Waals surface area contributed by atoms with Crippen LogP contribution in [0, 0.1) is 13.8 Å². The molecule has 0 aliphatic carbocycles. The van der Waals surface area contributed by atoms with Gasteiger partial charge < -0.3 is 18.9 Å². The van der Waals surface area contributed by atoms with Gasteiger partial charge in [-0.1, -0.05) is 6.07 Å². The number of aryl methyl sites for hydroxylation is 2. The number of methoxy groups -OCH3 is 1. The molecule has 1 saturated heterocycles. The van der Waals surface area contributed by atoms with E-state index in [0.717, 1.165) is 17.4 Å². The topological polar surface area (TPSA) is 110 Å². The first-order chi connectivity index (χ1) is 15.8. The SMILES string of the molecule is COCCn1ccc2c(OCC(=O)N3CCN(S(=O)(=O)c4c(C)n[nH]c4C)CC3)cccc21. The van der Waals surface area contributed by atoms with Crippen LogP contribution in [0.15, 0.2) is 35.4 Å². The molecule has 0 atom stereocenters. The lowest BCUT2D eigenvalue weighted by Gasteiger charge is -2.34. The lowest BCUT2D eigenvalue weighted by Crippen LogP contribution is -2.51.